The van der Waals surface area contributed by atoms with Crippen molar-refractivity contribution in [1.29, 1.82) is 0 Å². The quantitative estimate of drug-likeness (QED) is 0.0195. The van der Waals surface area contributed by atoms with Crippen LogP contribution in [0.25, 0.3) is 0 Å². The third kappa shape index (κ3) is 37.4. The fourth-order valence-corrected chi connectivity index (χ4v) is 9.19. The highest BCUT2D eigenvalue weighted by atomic mass is 16.7. The van der Waals surface area contributed by atoms with Crippen molar-refractivity contribution in [2.24, 2.45) is 0 Å². The summed E-state index contributed by atoms with van der Waals surface area (Å²) in [6.45, 7) is 5.75. The van der Waals surface area contributed by atoms with Crippen LogP contribution in [0.15, 0.2) is 48.6 Å². The first kappa shape index (κ1) is 67.6. The fraction of sp³-hybridized carbons (Fsp3) is 0.836. The number of rotatable bonds is 50. The summed E-state index contributed by atoms with van der Waals surface area (Å²) in [7, 11) is 0. The third-order valence-electron chi connectivity index (χ3n) is 14.0. The Balaban J connectivity index is 2.70. The minimum Gasteiger partial charge on any atom is -0.454 e. The first-order chi connectivity index (χ1) is 35.2. The molecule has 11 nitrogen and oxygen atoms in total. The molecule has 0 aromatic carbocycles. The van der Waals surface area contributed by atoms with Crippen LogP contribution in [-0.2, 0) is 23.8 Å². The molecule has 11 heteroatoms. The van der Waals surface area contributed by atoms with E-state index in [-0.39, 0.29) is 19.4 Å². The SMILES string of the molecule is CCCCC/C=C\C/C=C\C/C=C\CCCCCCCC(O)C(=O)NC(COC1OC(CO)C(O)C(O)C1OC(=O)CCCCCCCCCCCCCCCC)C(O)/C=C/CCCCCCCCCCC. The Hall–Kier alpha value is -2.38. The molecule has 6 N–H and O–H groups in total. The molecule has 1 heterocycles. The van der Waals surface area contributed by atoms with Gasteiger partial charge in [-0.2, -0.15) is 0 Å². The number of hydrogen-bond donors (Lipinski definition) is 6. The molecule has 0 bridgehead atoms. The maximum Gasteiger partial charge on any atom is 0.306 e. The van der Waals surface area contributed by atoms with E-state index in [0.29, 0.717) is 12.8 Å². The van der Waals surface area contributed by atoms with Gasteiger partial charge in [-0.1, -0.05) is 243 Å². The summed E-state index contributed by atoms with van der Waals surface area (Å²) in [5.41, 5.74) is 0. The average Bonchev–Trinajstić information content (AvgIpc) is 3.38. The normalized spacial score (nSPS) is 19.8. The van der Waals surface area contributed by atoms with Gasteiger partial charge in [-0.3, -0.25) is 9.59 Å². The van der Waals surface area contributed by atoms with Crippen LogP contribution in [0.5, 0.6) is 0 Å². The molecule has 0 aromatic rings. The first-order valence-corrected chi connectivity index (χ1v) is 29.9. The number of carbonyl (C=O) groups excluding carboxylic acids is 2. The van der Waals surface area contributed by atoms with E-state index in [9.17, 15) is 35.1 Å². The molecule has 1 amide bonds. The highest BCUT2D eigenvalue weighted by Crippen LogP contribution is 2.26. The second-order valence-electron chi connectivity index (χ2n) is 20.7. The van der Waals surface area contributed by atoms with Gasteiger partial charge in [0.15, 0.2) is 12.4 Å². The fourth-order valence-electron chi connectivity index (χ4n) is 9.19. The Morgan fingerprint density at radius 2 is 0.958 bits per heavy atom. The van der Waals surface area contributed by atoms with Gasteiger partial charge in [-0.25, -0.2) is 0 Å². The number of aliphatic hydroxyl groups excluding tert-OH is 5. The molecule has 1 rings (SSSR count). The molecule has 1 aliphatic heterocycles. The Morgan fingerprint density at radius 1 is 0.542 bits per heavy atom. The molecular weight excluding hydrogens is 907 g/mol. The Kier molecular flexibility index (Phi) is 46.5. The van der Waals surface area contributed by atoms with Gasteiger partial charge in [-0.05, 0) is 64.2 Å². The van der Waals surface area contributed by atoms with Crippen molar-refractivity contribution >= 4 is 11.9 Å². The number of amides is 1. The highest BCUT2D eigenvalue weighted by molar-refractivity contribution is 5.80. The maximum absolute atomic E-state index is 13.4. The lowest BCUT2D eigenvalue weighted by atomic mass is 9.99. The molecule has 8 atom stereocenters. The Morgan fingerprint density at radius 3 is 1.46 bits per heavy atom. The third-order valence-corrected chi connectivity index (χ3v) is 14.0. The second-order valence-corrected chi connectivity index (χ2v) is 20.7. The summed E-state index contributed by atoms with van der Waals surface area (Å²) in [5.74, 6) is -1.20. The number of hydrogen-bond acceptors (Lipinski definition) is 10. The number of allylic oxidation sites excluding steroid dienone is 7. The summed E-state index contributed by atoms with van der Waals surface area (Å²) >= 11 is 0. The van der Waals surface area contributed by atoms with Crippen LogP contribution < -0.4 is 5.32 Å². The topological polar surface area (TPSA) is 175 Å². The van der Waals surface area contributed by atoms with Gasteiger partial charge >= 0.3 is 5.97 Å². The zero-order valence-electron chi connectivity index (χ0n) is 46.3. The molecule has 0 saturated carbocycles. The average molecular weight is 1020 g/mol. The van der Waals surface area contributed by atoms with E-state index in [1.807, 2.05) is 6.08 Å². The van der Waals surface area contributed by atoms with Crippen LogP contribution in [0.2, 0.25) is 0 Å². The van der Waals surface area contributed by atoms with Gasteiger partial charge in [0, 0.05) is 6.42 Å². The van der Waals surface area contributed by atoms with E-state index in [0.717, 1.165) is 83.5 Å². The number of esters is 1. The van der Waals surface area contributed by atoms with E-state index in [1.165, 1.54) is 135 Å². The molecular formula is C61H111NO10. The van der Waals surface area contributed by atoms with Gasteiger partial charge in [0.05, 0.1) is 25.4 Å². The summed E-state index contributed by atoms with van der Waals surface area (Å²) in [4.78, 5) is 26.5. The lowest BCUT2D eigenvalue weighted by Gasteiger charge is -2.41. The lowest BCUT2D eigenvalue weighted by Crippen LogP contribution is -2.61. The molecule has 0 spiro atoms. The van der Waals surface area contributed by atoms with Crippen molar-refractivity contribution in [2.45, 2.75) is 314 Å². The lowest BCUT2D eigenvalue weighted by molar-refractivity contribution is -0.305. The summed E-state index contributed by atoms with van der Waals surface area (Å²) < 4.78 is 17.6. The van der Waals surface area contributed by atoms with E-state index in [4.69, 9.17) is 14.2 Å². The van der Waals surface area contributed by atoms with E-state index < -0.39 is 67.4 Å². The second kappa shape index (κ2) is 49.5. The van der Waals surface area contributed by atoms with Gasteiger partial charge < -0.3 is 45.1 Å². The minimum absolute atomic E-state index is 0.125. The zero-order chi connectivity index (χ0) is 52.5. The van der Waals surface area contributed by atoms with Crippen molar-refractivity contribution in [3.8, 4) is 0 Å². The number of carbonyl (C=O) groups is 2. The van der Waals surface area contributed by atoms with Crippen molar-refractivity contribution in [3.63, 3.8) is 0 Å². The van der Waals surface area contributed by atoms with Gasteiger partial charge in [0.2, 0.25) is 5.91 Å². The van der Waals surface area contributed by atoms with Crippen molar-refractivity contribution in [1.82, 2.24) is 5.32 Å². The van der Waals surface area contributed by atoms with Crippen molar-refractivity contribution < 1.29 is 49.3 Å². The minimum atomic E-state index is -1.61. The standard InChI is InChI=1S/C61H111NO10/c1-4-7-10-13-16-19-22-24-26-27-28-29-30-33-36-39-42-45-48-54(65)60(69)62-52(53(64)47-44-41-38-35-32-21-18-15-12-9-6-3)51-70-61-59(58(68)57(67)55(50-63)71-61)72-56(66)49-46-43-40-37-34-31-25-23-20-17-14-11-8-5-2/h16,19,24,26,28-29,44,47,52-55,57-59,61,63-65,67-68H,4-15,17-18,20-23,25,27,30-43,45-46,48-51H2,1-3H3,(H,62,69)/b19-16-,26-24-,29-28-,47-44+. The van der Waals surface area contributed by atoms with Gasteiger partial charge in [0.25, 0.3) is 0 Å². The van der Waals surface area contributed by atoms with Crippen LogP contribution >= 0.6 is 0 Å². The largest absolute Gasteiger partial charge is 0.454 e. The van der Waals surface area contributed by atoms with E-state index in [1.54, 1.807) is 6.08 Å². The summed E-state index contributed by atoms with van der Waals surface area (Å²) in [5, 5.41) is 56.8. The van der Waals surface area contributed by atoms with Crippen LogP contribution in [0, 0.1) is 0 Å². The molecule has 72 heavy (non-hydrogen) atoms. The van der Waals surface area contributed by atoms with Crippen LogP contribution in [0.3, 0.4) is 0 Å². The molecule has 1 fully saturated rings. The van der Waals surface area contributed by atoms with Crippen LogP contribution in [-0.4, -0.2) is 99.6 Å². The van der Waals surface area contributed by atoms with Crippen molar-refractivity contribution in [2.75, 3.05) is 13.2 Å². The molecule has 0 aliphatic carbocycles. The molecule has 8 unspecified atom stereocenters. The van der Waals surface area contributed by atoms with Crippen LogP contribution in [0.1, 0.15) is 265 Å². The Bertz CT molecular complexity index is 1350. The number of aliphatic hydroxyl groups is 5. The van der Waals surface area contributed by atoms with E-state index in [2.05, 4.69) is 62.5 Å². The maximum atomic E-state index is 13.4. The van der Waals surface area contributed by atoms with Crippen molar-refractivity contribution in [3.05, 3.63) is 48.6 Å². The molecule has 1 aliphatic rings. The zero-order valence-corrected chi connectivity index (χ0v) is 46.3. The predicted molar refractivity (Wildman–Crippen MR) is 297 cm³/mol. The Labute approximate surface area is 440 Å². The predicted octanol–water partition coefficient (Wildman–Crippen LogP) is 13.7. The molecule has 0 aromatic heterocycles. The number of unbranched alkanes of at least 4 members (excludes halogenated alkanes) is 30. The first-order valence-electron chi connectivity index (χ1n) is 29.9. The van der Waals surface area contributed by atoms with Gasteiger partial charge in [0.1, 0.15) is 24.4 Å². The molecule has 1 saturated heterocycles. The molecule has 420 valence electrons. The molecule has 0 radical (unpaired) electrons. The monoisotopic (exact) mass is 1020 g/mol. The van der Waals surface area contributed by atoms with Gasteiger partial charge in [-0.15, -0.1) is 0 Å². The van der Waals surface area contributed by atoms with Crippen LogP contribution in [0.4, 0.5) is 0 Å². The summed E-state index contributed by atoms with van der Waals surface area (Å²) in [6, 6.07) is -1.03. The highest BCUT2D eigenvalue weighted by Gasteiger charge is 2.47. The number of nitrogens with one attached hydrogen (secondary N) is 1. The van der Waals surface area contributed by atoms with E-state index >= 15 is 0 Å². The smallest absolute Gasteiger partial charge is 0.306 e. The summed E-state index contributed by atoms with van der Waals surface area (Å²) in [6.07, 6.45) is 48.6. The number of ether oxygens (including phenoxy) is 3.